The molecule has 1 N–H and O–H groups in total. The summed E-state index contributed by atoms with van der Waals surface area (Å²) in [5.74, 6) is -1.22. The van der Waals surface area contributed by atoms with E-state index in [0.29, 0.717) is 4.90 Å². The molecule has 1 atom stereocenters. The van der Waals surface area contributed by atoms with Crippen LogP contribution in [-0.2, 0) is 15.2 Å². The fourth-order valence-electron chi connectivity index (χ4n) is 3.04. The van der Waals surface area contributed by atoms with E-state index in [1.165, 1.54) is 18.2 Å². The molecule has 1 heterocycles. The normalized spacial score (nSPS) is 18.3. The van der Waals surface area contributed by atoms with Gasteiger partial charge in [-0.3, -0.25) is 4.79 Å². The number of carbonyl (C=O) groups is 1. The Bertz CT molecular complexity index is 1150. The lowest BCUT2D eigenvalue weighted by Crippen LogP contribution is -2.42. The van der Waals surface area contributed by atoms with Crippen molar-refractivity contribution in [3.8, 4) is 0 Å². The molecule has 0 spiro atoms. The standard InChI is InChI=1S/C20H12Cl4F6N2O2S/c21-11-3-9(1-2-15(11)35-7-16(33)31-8-19(25,26)27)14-6-18(34-32-14,20(28,29)30)10-4-12(22)17(24)13(23)5-10/h1-5H,6-8H2,(H,31,33). The van der Waals surface area contributed by atoms with E-state index in [4.69, 9.17) is 51.2 Å². The first-order valence-electron chi connectivity index (χ1n) is 9.36. The van der Waals surface area contributed by atoms with Gasteiger partial charge in [-0.2, -0.15) is 26.3 Å². The summed E-state index contributed by atoms with van der Waals surface area (Å²) < 4.78 is 79.0. The molecule has 0 saturated heterocycles. The number of nitrogens with one attached hydrogen (secondary N) is 1. The number of alkyl halides is 6. The number of hydrogen-bond acceptors (Lipinski definition) is 4. The van der Waals surface area contributed by atoms with Crippen LogP contribution in [0.15, 0.2) is 40.4 Å². The van der Waals surface area contributed by atoms with Crippen LogP contribution in [0.3, 0.4) is 0 Å². The number of thioether (sulfide) groups is 1. The summed E-state index contributed by atoms with van der Waals surface area (Å²) in [6.07, 6.45) is -10.2. The average Bonchev–Trinajstić information content (AvgIpc) is 3.21. The van der Waals surface area contributed by atoms with Gasteiger partial charge in [0.2, 0.25) is 5.91 Å². The lowest BCUT2D eigenvalue weighted by atomic mass is 9.86. The summed E-state index contributed by atoms with van der Waals surface area (Å²) in [7, 11) is 0. The minimum Gasteiger partial charge on any atom is -0.374 e. The first kappa shape index (κ1) is 28.0. The first-order valence-corrected chi connectivity index (χ1v) is 11.9. The van der Waals surface area contributed by atoms with Crippen LogP contribution in [0.5, 0.6) is 0 Å². The summed E-state index contributed by atoms with van der Waals surface area (Å²) in [4.78, 5) is 16.8. The summed E-state index contributed by atoms with van der Waals surface area (Å²) in [5.41, 5.74) is -3.15. The van der Waals surface area contributed by atoms with Crippen molar-refractivity contribution in [3.63, 3.8) is 0 Å². The van der Waals surface area contributed by atoms with Crippen molar-refractivity contribution < 1.29 is 36.0 Å². The topological polar surface area (TPSA) is 50.7 Å². The van der Waals surface area contributed by atoms with Gasteiger partial charge in [-0.25, -0.2) is 0 Å². The molecule has 1 amide bonds. The van der Waals surface area contributed by atoms with Gasteiger partial charge >= 0.3 is 12.4 Å². The van der Waals surface area contributed by atoms with Crippen molar-refractivity contribution in [2.45, 2.75) is 29.3 Å². The van der Waals surface area contributed by atoms with Crippen LogP contribution < -0.4 is 5.32 Å². The fourth-order valence-corrected chi connectivity index (χ4v) is 4.73. The highest BCUT2D eigenvalue weighted by atomic mass is 35.5. The monoisotopic (exact) mass is 598 g/mol. The van der Waals surface area contributed by atoms with Gasteiger partial charge in [0.15, 0.2) is 0 Å². The molecule has 2 aromatic rings. The highest BCUT2D eigenvalue weighted by molar-refractivity contribution is 8.00. The van der Waals surface area contributed by atoms with E-state index in [9.17, 15) is 31.1 Å². The van der Waals surface area contributed by atoms with E-state index in [-0.39, 0.29) is 37.1 Å². The maximum absolute atomic E-state index is 14.2. The molecule has 4 nitrogen and oxygen atoms in total. The highest BCUT2D eigenvalue weighted by Crippen LogP contribution is 2.50. The summed E-state index contributed by atoms with van der Waals surface area (Å²) in [6, 6.07) is 6.12. The van der Waals surface area contributed by atoms with Crippen molar-refractivity contribution in [2.75, 3.05) is 12.3 Å². The molecule has 15 heteroatoms. The number of rotatable bonds is 6. The van der Waals surface area contributed by atoms with Crippen molar-refractivity contribution in [3.05, 3.63) is 61.5 Å². The van der Waals surface area contributed by atoms with E-state index in [2.05, 4.69) is 5.16 Å². The number of benzene rings is 2. The van der Waals surface area contributed by atoms with Crippen molar-refractivity contribution >= 4 is 69.8 Å². The molecule has 1 aliphatic heterocycles. The molecule has 1 unspecified atom stereocenters. The van der Waals surface area contributed by atoms with Gasteiger partial charge in [0.25, 0.3) is 5.60 Å². The number of hydrogen-bond donors (Lipinski definition) is 1. The van der Waals surface area contributed by atoms with Gasteiger partial charge < -0.3 is 10.2 Å². The Hall–Kier alpha value is -1.53. The summed E-state index contributed by atoms with van der Waals surface area (Å²) in [5, 5.41) is 4.89. The Morgan fingerprint density at radius 2 is 1.66 bits per heavy atom. The Morgan fingerprint density at radius 1 is 1.03 bits per heavy atom. The molecular formula is C20H12Cl4F6N2O2S. The Morgan fingerprint density at radius 3 is 2.20 bits per heavy atom. The SMILES string of the molecule is O=C(CSc1ccc(C2=NOC(c3cc(Cl)c(Cl)c(Cl)c3)(C(F)(F)F)C2)cc1Cl)NCC(F)(F)F. The molecular weight excluding hydrogens is 588 g/mol. The van der Waals surface area contributed by atoms with Gasteiger partial charge in [-0.1, -0.05) is 57.6 Å². The molecule has 0 saturated carbocycles. The largest absolute Gasteiger partial charge is 0.435 e. The second kappa shape index (κ2) is 10.5. The quantitative estimate of drug-likeness (QED) is 0.211. The zero-order chi connectivity index (χ0) is 26.2. The van der Waals surface area contributed by atoms with Crippen LogP contribution in [0.1, 0.15) is 17.5 Å². The zero-order valence-electron chi connectivity index (χ0n) is 17.0. The molecule has 0 aromatic heterocycles. The summed E-state index contributed by atoms with van der Waals surface area (Å²) in [6.45, 7) is -1.47. The van der Waals surface area contributed by atoms with E-state index < -0.39 is 42.4 Å². The Labute approximate surface area is 218 Å². The van der Waals surface area contributed by atoms with Crippen molar-refractivity contribution in [2.24, 2.45) is 5.16 Å². The number of nitrogens with zero attached hydrogens (tertiary/aromatic N) is 1. The Balaban J connectivity index is 1.78. The summed E-state index contributed by atoms with van der Waals surface area (Å²) >= 11 is 24.7. The first-order chi connectivity index (χ1) is 16.1. The second-order valence-corrected chi connectivity index (χ2v) is 9.83. The van der Waals surface area contributed by atoms with Gasteiger partial charge in [0, 0.05) is 22.4 Å². The van der Waals surface area contributed by atoms with Gasteiger partial charge in [-0.15, -0.1) is 11.8 Å². The third-order valence-corrected chi connectivity index (χ3v) is 7.44. The maximum Gasteiger partial charge on any atom is 0.435 e. The predicted molar refractivity (Wildman–Crippen MR) is 123 cm³/mol. The van der Waals surface area contributed by atoms with Crippen LogP contribution in [-0.4, -0.2) is 36.3 Å². The van der Waals surface area contributed by atoms with Gasteiger partial charge in [0.1, 0.15) is 6.54 Å². The molecule has 0 aliphatic carbocycles. The number of carbonyl (C=O) groups excluding carboxylic acids is 1. The smallest absolute Gasteiger partial charge is 0.374 e. The molecule has 190 valence electrons. The van der Waals surface area contributed by atoms with Crippen LogP contribution in [0.2, 0.25) is 20.1 Å². The molecule has 0 fully saturated rings. The molecule has 0 bridgehead atoms. The van der Waals surface area contributed by atoms with Crippen molar-refractivity contribution in [1.29, 1.82) is 0 Å². The molecule has 0 radical (unpaired) electrons. The van der Waals surface area contributed by atoms with Gasteiger partial charge in [0.05, 0.1) is 31.6 Å². The minimum absolute atomic E-state index is 0.0564. The molecule has 35 heavy (non-hydrogen) atoms. The third kappa shape index (κ3) is 6.43. The van der Waals surface area contributed by atoms with Crippen molar-refractivity contribution in [1.82, 2.24) is 5.32 Å². The van der Waals surface area contributed by atoms with Crippen LogP contribution in [0.25, 0.3) is 0 Å². The lowest BCUT2D eigenvalue weighted by molar-refractivity contribution is -0.275. The number of oxime groups is 1. The molecule has 1 aliphatic rings. The second-order valence-electron chi connectivity index (χ2n) is 7.21. The predicted octanol–water partition coefficient (Wildman–Crippen LogP) is 7.65. The molecule has 3 rings (SSSR count). The van der Waals surface area contributed by atoms with Crippen LogP contribution >= 0.6 is 58.2 Å². The molecule has 2 aromatic carbocycles. The lowest BCUT2D eigenvalue weighted by Gasteiger charge is -2.30. The fraction of sp³-hybridized carbons (Fsp3) is 0.300. The van der Waals surface area contributed by atoms with E-state index >= 15 is 0 Å². The number of amides is 1. The van der Waals surface area contributed by atoms with Gasteiger partial charge in [-0.05, 0) is 24.3 Å². The third-order valence-electron chi connectivity index (χ3n) is 4.75. The number of halogens is 10. The van der Waals surface area contributed by atoms with E-state index in [0.717, 1.165) is 23.9 Å². The van der Waals surface area contributed by atoms with Crippen LogP contribution in [0, 0.1) is 0 Å². The highest BCUT2D eigenvalue weighted by Gasteiger charge is 2.62. The van der Waals surface area contributed by atoms with Crippen LogP contribution in [0.4, 0.5) is 26.3 Å². The maximum atomic E-state index is 14.2. The van der Waals surface area contributed by atoms with E-state index in [1.54, 1.807) is 5.32 Å². The average molecular weight is 600 g/mol. The Kier molecular flexibility index (Phi) is 8.38. The van der Waals surface area contributed by atoms with E-state index in [1.807, 2.05) is 0 Å². The minimum atomic E-state index is -4.91. The zero-order valence-corrected chi connectivity index (χ0v) is 20.8.